The number of H-pyrrole nitrogens is 1. The third-order valence-electron chi connectivity index (χ3n) is 3.47. The second-order valence-electron chi connectivity index (χ2n) is 5.25. The van der Waals surface area contributed by atoms with Gasteiger partial charge in [0.05, 0.1) is 27.2 Å². The second kappa shape index (κ2) is 7.59. The fourth-order valence-electron chi connectivity index (χ4n) is 2.32. The first-order chi connectivity index (χ1) is 12.5. The highest BCUT2D eigenvalue weighted by Gasteiger charge is 2.09. The molecule has 3 aromatic rings. The Morgan fingerprint density at radius 1 is 1.19 bits per heavy atom. The lowest BCUT2D eigenvalue weighted by molar-refractivity contribution is 0.363. The summed E-state index contributed by atoms with van der Waals surface area (Å²) in [6.45, 7) is 3.82. The van der Waals surface area contributed by atoms with E-state index >= 15 is 0 Å². The van der Waals surface area contributed by atoms with Crippen molar-refractivity contribution in [1.82, 2.24) is 9.66 Å². The van der Waals surface area contributed by atoms with Crippen molar-refractivity contribution in [2.45, 2.75) is 0 Å². The number of halogens is 2. The summed E-state index contributed by atoms with van der Waals surface area (Å²) in [5.74, 6) is 0.325. The SMILES string of the molecule is C=CCOc1c(Cl)cc(C=Nn2c(=O)[nH]c3ccccc3c2=O)cc1Cl. The van der Waals surface area contributed by atoms with Gasteiger partial charge in [-0.15, -0.1) is 4.68 Å². The van der Waals surface area contributed by atoms with Gasteiger partial charge in [0.25, 0.3) is 5.56 Å². The Kier molecular flexibility index (Phi) is 5.25. The summed E-state index contributed by atoms with van der Waals surface area (Å²) >= 11 is 12.3. The zero-order chi connectivity index (χ0) is 18.7. The summed E-state index contributed by atoms with van der Waals surface area (Å²) in [4.78, 5) is 27.1. The van der Waals surface area contributed by atoms with Gasteiger partial charge in [0, 0.05) is 0 Å². The summed E-state index contributed by atoms with van der Waals surface area (Å²) in [5, 5.41) is 4.87. The van der Waals surface area contributed by atoms with Crippen molar-refractivity contribution >= 4 is 40.3 Å². The molecule has 6 nitrogen and oxygen atoms in total. The highest BCUT2D eigenvalue weighted by atomic mass is 35.5. The number of rotatable bonds is 5. The molecule has 0 aliphatic carbocycles. The van der Waals surface area contributed by atoms with Crippen LogP contribution in [0.25, 0.3) is 10.9 Å². The first-order valence-corrected chi connectivity index (χ1v) is 8.28. The maximum Gasteiger partial charge on any atom is 0.349 e. The fraction of sp³-hybridized carbons (Fsp3) is 0.0556. The van der Waals surface area contributed by atoms with Crippen molar-refractivity contribution in [3.8, 4) is 5.75 Å². The van der Waals surface area contributed by atoms with Crippen LogP contribution in [0.3, 0.4) is 0 Å². The number of fused-ring (bicyclic) bond motifs is 1. The zero-order valence-electron chi connectivity index (χ0n) is 13.4. The van der Waals surface area contributed by atoms with Crippen LogP contribution < -0.4 is 16.0 Å². The van der Waals surface area contributed by atoms with Gasteiger partial charge in [-0.3, -0.25) is 4.79 Å². The number of benzene rings is 2. The Labute approximate surface area is 157 Å². The molecule has 8 heteroatoms. The average Bonchev–Trinajstić information content (AvgIpc) is 2.61. The van der Waals surface area contributed by atoms with Crippen molar-refractivity contribution in [2.75, 3.05) is 6.61 Å². The van der Waals surface area contributed by atoms with Crippen LogP contribution in [0.5, 0.6) is 5.75 Å². The smallest absolute Gasteiger partial charge is 0.349 e. The highest BCUT2D eigenvalue weighted by molar-refractivity contribution is 6.37. The van der Waals surface area contributed by atoms with E-state index in [1.807, 2.05) is 0 Å². The van der Waals surface area contributed by atoms with Crippen molar-refractivity contribution in [1.29, 1.82) is 0 Å². The van der Waals surface area contributed by atoms with E-state index < -0.39 is 11.2 Å². The summed E-state index contributed by atoms with van der Waals surface area (Å²) < 4.78 is 6.13. The van der Waals surface area contributed by atoms with Crippen LogP contribution in [0.15, 0.2) is 63.7 Å². The first-order valence-electron chi connectivity index (χ1n) is 7.52. The van der Waals surface area contributed by atoms with E-state index in [0.29, 0.717) is 22.2 Å². The number of aromatic amines is 1. The number of ether oxygens (including phenoxy) is 1. The van der Waals surface area contributed by atoms with Crippen LogP contribution in [0, 0.1) is 0 Å². The van der Waals surface area contributed by atoms with Crippen LogP contribution in [0.2, 0.25) is 10.0 Å². The third-order valence-corrected chi connectivity index (χ3v) is 4.03. The molecule has 0 radical (unpaired) electrons. The van der Waals surface area contributed by atoms with Gasteiger partial charge in [0.1, 0.15) is 6.61 Å². The highest BCUT2D eigenvalue weighted by Crippen LogP contribution is 2.33. The Morgan fingerprint density at radius 3 is 2.58 bits per heavy atom. The van der Waals surface area contributed by atoms with Gasteiger partial charge >= 0.3 is 5.69 Å². The predicted octanol–water partition coefficient (Wildman–Crippen LogP) is 3.44. The van der Waals surface area contributed by atoms with E-state index in [0.717, 1.165) is 4.68 Å². The Hall–Kier alpha value is -2.83. The molecule has 1 N–H and O–H groups in total. The molecule has 3 rings (SSSR count). The number of hydrogen-bond acceptors (Lipinski definition) is 4. The molecule has 1 heterocycles. The van der Waals surface area contributed by atoms with E-state index in [-0.39, 0.29) is 16.7 Å². The minimum atomic E-state index is -0.645. The topological polar surface area (TPSA) is 76.5 Å². The largest absolute Gasteiger partial charge is 0.486 e. The molecule has 0 fully saturated rings. The van der Waals surface area contributed by atoms with Crippen LogP contribution in [0.4, 0.5) is 0 Å². The van der Waals surface area contributed by atoms with Gasteiger partial charge in [0.2, 0.25) is 0 Å². The molecular weight excluding hydrogens is 377 g/mol. The molecule has 0 saturated heterocycles. The molecule has 1 aromatic heterocycles. The maximum absolute atomic E-state index is 12.4. The van der Waals surface area contributed by atoms with E-state index in [2.05, 4.69) is 16.7 Å². The zero-order valence-corrected chi connectivity index (χ0v) is 14.9. The molecule has 0 amide bonds. The number of para-hydroxylation sites is 1. The summed E-state index contributed by atoms with van der Waals surface area (Å²) in [6, 6.07) is 9.82. The molecular formula is C18H13Cl2N3O3. The summed E-state index contributed by atoms with van der Waals surface area (Å²) in [6.07, 6.45) is 2.89. The molecule has 2 aromatic carbocycles. The molecule has 0 aliphatic rings. The fourth-order valence-corrected chi connectivity index (χ4v) is 2.93. The number of nitrogens with one attached hydrogen (secondary N) is 1. The van der Waals surface area contributed by atoms with Crippen molar-refractivity contribution < 1.29 is 4.74 Å². The molecule has 0 saturated carbocycles. The van der Waals surface area contributed by atoms with Crippen molar-refractivity contribution in [3.63, 3.8) is 0 Å². The Morgan fingerprint density at radius 2 is 1.88 bits per heavy atom. The van der Waals surface area contributed by atoms with Crippen LogP contribution >= 0.6 is 23.2 Å². The Bertz CT molecular complexity index is 1110. The van der Waals surface area contributed by atoms with E-state index in [4.69, 9.17) is 27.9 Å². The van der Waals surface area contributed by atoms with E-state index in [9.17, 15) is 9.59 Å². The molecule has 0 aliphatic heterocycles. The lowest BCUT2D eigenvalue weighted by atomic mass is 10.2. The lowest BCUT2D eigenvalue weighted by Gasteiger charge is -2.08. The summed E-state index contributed by atoms with van der Waals surface area (Å²) in [5.41, 5.74) is -0.217. The number of nitrogens with zero attached hydrogens (tertiary/aromatic N) is 2. The minimum Gasteiger partial charge on any atom is -0.486 e. The van der Waals surface area contributed by atoms with E-state index in [1.165, 1.54) is 6.21 Å². The molecule has 0 unspecified atom stereocenters. The number of aromatic nitrogens is 2. The first kappa shape index (κ1) is 18.0. The normalized spacial score (nSPS) is 11.2. The Balaban J connectivity index is 2.01. The second-order valence-corrected chi connectivity index (χ2v) is 6.07. The standard InChI is InChI=1S/C18H13Cl2N3O3/c1-2-7-26-16-13(19)8-11(9-14(16)20)10-21-23-17(24)12-5-3-4-6-15(12)22-18(23)25/h2-6,8-10H,1,7H2,(H,22,25). The van der Waals surface area contributed by atoms with Gasteiger partial charge in [-0.2, -0.15) is 5.10 Å². The van der Waals surface area contributed by atoms with Gasteiger partial charge in [-0.1, -0.05) is 48.0 Å². The monoisotopic (exact) mass is 389 g/mol. The average molecular weight is 390 g/mol. The van der Waals surface area contributed by atoms with Gasteiger partial charge in [0.15, 0.2) is 5.75 Å². The number of hydrogen-bond donors (Lipinski definition) is 1. The van der Waals surface area contributed by atoms with Gasteiger partial charge < -0.3 is 9.72 Å². The molecule has 0 spiro atoms. The van der Waals surface area contributed by atoms with Crippen LogP contribution in [0.1, 0.15) is 5.56 Å². The van der Waals surface area contributed by atoms with Gasteiger partial charge in [-0.05, 0) is 29.8 Å². The van der Waals surface area contributed by atoms with Crippen molar-refractivity contribution in [3.05, 3.63) is 85.5 Å². The van der Waals surface area contributed by atoms with E-state index in [1.54, 1.807) is 42.5 Å². The molecule has 26 heavy (non-hydrogen) atoms. The van der Waals surface area contributed by atoms with Crippen LogP contribution in [-0.4, -0.2) is 22.5 Å². The quantitative estimate of drug-likeness (QED) is 0.536. The van der Waals surface area contributed by atoms with Crippen LogP contribution in [-0.2, 0) is 0 Å². The minimum absolute atomic E-state index is 0.259. The molecule has 132 valence electrons. The third kappa shape index (κ3) is 3.56. The predicted molar refractivity (Wildman–Crippen MR) is 104 cm³/mol. The maximum atomic E-state index is 12.4. The summed E-state index contributed by atoms with van der Waals surface area (Å²) in [7, 11) is 0. The van der Waals surface area contributed by atoms with Crippen molar-refractivity contribution in [2.24, 2.45) is 5.10 Å². The molecule has 0 bridgehead atoms. The van der Waals surface area contributed by atoms with Gasteiger partial charge in [-0.25, -0.2) is 4.79 Å². The lowest BCUT2D eigenvalue weighted by Crippen LogP contribution is -2.32. The molecule has 0 atom stereocenters.